The molecule has 2 aromatic carbocycles. The first-order valence-corrected chi connectivity index (χ1v) is 7.80. The van der Waals surface area contributed by atoms with Crippen LogP contribution in [0.25, 0.3) is 0 Å². The molecule has 0 aliphatic carbocycles. The zero-order valence-electron chi connectivity index (χ0n) is 12.2. The summed E-state index contributed by atoms with van der Waals surface area (Å²) >= 11 is 3.40. The maximum atomic E-state index is 11.6. The number of aryl methyl sites for hydroxylation is 1. The van der Waals surface area contributed by atoms with E-state index in [0.29, 0.717) is 6.42 Å². The summed E-state index contributed by atoms with van der Waals surface area (Å²) < 4.78 is 1.00. The first-order chi connectivity index (χ1) is 9.97. The Hall–Kier alpha value is -1.61. The molecule has 0 amide bonds. The van der Waals surface area contributed by atoms with Crippen molar-refractivity contribution in [3.05, 3.63) is 69.7 Å². The minimum absolute atomic E-state index is 0.0306. The van der Waals surface area contributed by atoms with Gasteiger partial charge in [-0.25, -0.2) is 0 Å². The molecule has 2 aromatic rings. The number of carboxylic acids is 1. The molecule has 110 valence electrons. The number of carboxylic acid groups (broad SMARTS) is 1. The van der Waals surface area contributed by atoms with Crippen LogP contribution in [0.2, 0.25) is 0 Å². The summed E-state index contributed by atoms with van der Waals surface area (Å²) in [5.74, 6) is -1.20. The lowest BCUT2D eigenvalue weighted by Crippen LogP contribution is -2.22. The average Bonchev–Trinajstić information content (AvgIpc) is 2.46. The smallest absolute Gasteiger partial charge is 0.307 e. The summed E-state index contributed by atoms with van der Waals surface area (Å²) in [5, 5.41) is 9.57. The van der Waals surface area contributed by atoms with Crippen LogP contribution in [0.1, 0.15) is 29.5 Å². The molecule has 2 unspecified atom stereocenters. The Balaban J connectivity index is 2.20. The predicted octanol–water partition coefficient (Wildman–Crippen LogP) is 4.80. The van der Waals surface area contributed by atoms with Crippen LogP contribution in [-0.4, -0.2) is 11.1 Å². The Kier molecular flexibility index (Phi) is 5.18. The number of benzene rings is 2. The average molecular weight is 347 g/mol. The number of aliphatic carboxylic acids is 1. The molecule has 0 fully saturated rings. The SMILES string of the molecule is Cc1ccc(CC(C(=O)O)C(C)c2ccc(Br)cc2)cc1. The van der Waals surface area contributed by atoms with Gasteiger partial charge in [0, 0.05) is 4.47 Å². The van der Waals surface area contributed by atoms with Gasteiger partial charge < -0.3 is 5.11 Å². The molecule has 0 aliphatic heterocycles. The van der Waals surface area contributed by atoms with E-state index in [1.54, 1.807) is 0 Å². The van der Waals surface area contributed by atoms with E-state index < -0.39 is 11.9 Å². The lowest BCUT2D eigenvalue weighted by Gasteiger charge is -2.21. The van der Waals surface area contributed by atoms with Crippen molar-refractivity contribution in [2.75, 3.05) is 0 Å². The fraction of sp³-hybridized carbons (Fsp3) is 0.278. The van der Waals surface area contributed by atoms with Gasteiger partial charge in [0.1, 0.15) is 0 Å². The normalized spacial score (nSPS) is 13.7. The number of hydrogen-bond donors (Lipinski definition) is 1. The number of hydrogen-bond acceptors (Lipinski definition) is 1. The number of halogens is 1. The fourth-order valence-electron chi connectivity index (χ4n) is 2.45. The molecule has 2 rings (SSSR count). The zero-order chi connectivity index (χ0) is 15.4. The second-order valence-corrected chi connectivity index (χ2v) is 6.39. The van der Waals surface area contributed by atoms with Gasteiger partial charge in [-0.2, -0.15) is 0 Å². The highest BCUT2D eigenvalue weighted by Gasteiger charge is 2.26. The van der Waals surface area contributed by atoms with Crippen molar-refractivity contribution in [2.24, 2.45) is 5.92 Å². The van der Waals surface area contributed by atoms with Crippen LogP contribution in [0.15, 0.2) is 53.0 Å². The van der Waals surface area contributed by atoms with Gasteiger partial charge in [0.25, 0.3) is 0 Å². The molecular weight excluding hydrogens is 328 g/mol. The van der Waals surface area contributed by atoms with Gasteiger partial charge in [0.15, 0.2) is 0 Å². The third kappa shape index (κ3) is 4.18. The second-order valence-electron chi connectivity index (χ2n) is 5.47. The summed E-state index contributed by atoms with van der Waals surface area (Å²) in [4.78, 5) is 11.6. The number of carbonyl (C=O) groups is 1. The van der Waals surface area contributed by atoms with Crippen LogP contribution in [-0.2, 0) is 11.2 Å². The maximum absolute atomic E-state index is 11.6. The van der Waals surface area contributed by atoms with E-state index in [2.05, 4.69) is 15.9 Å². The van der Waals surface area contributed by atoms with Crippen LogP contribution >= 0.6 is 15.9 Å². The molecule has 21 heavy (non-hydrogen) atoms. The van der Waals surface area contributed by atoms with Gasteiger partial charge in [0.05, 0.1) is 5.92 Å². The molecule has 2 atom stereocenters. The third-order valence-corrected chi connectivity index (χ3v) is 4.42. The molecule has 0 aromatic heterocycles. The highest BCUT2D eigenvalue weighted by atomic mass is 79.9. The first-order valence-electron chi connectivity index (χ1n) is 7.01. The molecule has 3 heteroatoms. The number of rotatable bonds is 5. The van der Waals surface area contributed by atoms with Crippen molar-refractivity contribution >= 4 is 21.9 Å². The largest absolute Gasteiger partial charge is 0.481 e. The highest BCUT2D eigenvalue weighted by molar-refractivity contribution is 9.10. The lowest BCUT2D eigenvalue weighted by atomic mass is 9.83. The van der Waals surface area contributed by atoms with Crippen LogP contribution in [0.5, 0.6) is 0 Å². The Bertz CT molecular complexity index is 602. The molecule has 0 heterocycles. The second kappa shape index (κ2) is 6.90. The van der Waals surface area contributed by atoms with Crippen LogP contribution in [0.4, 0.5) is 0 Å². The standard InChI is InChI=1S/C18H19BrO2/c1-12-3-5-14(6-4-12)11-17(18(20)21)13(2)15-7-9-16(19)10-8-15/h3-10,13,17H,11H2,1-2H3,(H,20,21). The van der Waals surface area contributed by atoms with Gasteiger partial charge >= 0.3 is 5.97 Å². The third-order valence-electron chi connectivity index (χ3n) is 3.89. The van der Waals surface area contributed by atoms with Crippen molar-refractivity contribution < 1.29 is 9.90 Å². The molecular formula is C18H19BrO2. The summed E-state index contributed by atoms with van der Waals surface area (Å²) in [6, 6.07) is 16.0. The minimum Gasteiger partial charge on any atom is -0.481 e. The quantitative estimate of drug-likeness (QED) is 0.843. The van der Waals surface area contributed by atoms with Crippen LogP contribution in [0, 0.1) is 12.8 Å². The van der Waals surface area contributed by atoms with E-state index in [1.807, 2.05) is 62.4 Å². The molecule has 0 radical (unpaired) electrons. The van der Waals surface area contributed by atoms with E-state index in [-0.39, 0.29) is 5.92 Å². The summed E-state index contributed by atoms with van der Waals surface area (Å²) in [5.41, 5.74) is 3.31. The van der Waals surface area contributed by atoms with Gasteiger partial charge in [-0.1, -0.05) is 64.8 Å². The molecule has 2 nitrogen and oxygen atoms in total. The van der Waals surface area contributed by atoms with E-state index in [1.165, 1.54) is 5.56 Å². The Morgan fingerprint density at radius 1 is 1.10 bits per heavy atom. The van der Waals surface area contributed by atoms with Crippen molar-refractivity contribution in [2.45, 2.75) is 26.2 Å². The predicted molar refractivity (Wildman–Crippen MR) is 88.6 cm³/mol. The van der Waals surface area contributed by atoms with Crippen LogP contribution < -0.4 is 0 Å². The molecule has 0 spiro atoms. The maximum Gasteiger partial charge on any atom is 0.307 e. The van der Waals surface area contributed by atoms with Gasteiger partial charge in [-0.3, -0.25) is 4.79 Å². The van der Waals surface area contributed by atoms with E-state index >= 15 is 0 Å². The molecule has 0 aliphatic rings. The van der Waals surface area contributed by atoms with Gasteiger partial charge in [0.2, 0.25) is 0 Å². The molecule has 0 bridgehead atoms. The first kappa shape index (κ1) is 15.8. The highest BCUT2D eigenvalue weighted by Crippen LogP contribution is 2.28. The van der Waals surface area contributed by atoms with Crippen molar-refractivity contribution in [1.82, 2.24) is 0 Å². The van der Waals surface area contributed by atoms with Gasteiger partial charge in [-0.15, -0.1) is 0 Å². The Morgan fingerprint density at radius 3 is 2.19 bits per heavy atom. The van der Waals surface area contributed by atoms with Crippen molar-refractivity contribution in [3.8, 4) is 0 Å². The monoisotopic (exact) mass is 346 g/mol. The summed E-state index contributed by atoms with van der Waals surface area (Å²) in [6.45, 7) is 4.01. The molecule has 0 saturated carbocycles. The topological polar surface area (TPSA) is 37.3 Å². The van der Waals surface area contributed by atoms with E-state index in [9.17, 15) is 9.90 Å². The Morgan fingerprint density at radius 2 is 1.67 bits per heavy atom. The Labute approximate surface area is 134 Å². The van der Waals surface area contributed by atoms with Gasteiger partial charge in [-0.05, 0) is 42.5 Å². The summed E-state index contributed by atoms with van der Waals surface area (Å²) in [6.07, 6.45) is 0.548. The minimum atomic E-state index is -0.744. The van der Waals surface area contributed by atoms with E-state index in [4.69, 9.17) is 0 Å². The fourth-order valence-corrected chi connectivity index (χ4v) is 2.72. The molecule has 0 saturated heterocycles. The zero-order valence-corrected chi connectivity index (χ0v) is 13.8. The lowest BCUT2D eigenvalue weighted by molar-refractivity contribution is -0.142. The van der Waals surface area contributed by atoms with E-state index in [0.717, 1.165) is 15.6 Å². The van der Waals surface area contributed by atoms with Crippen molar-refractivity contribution in [3.63, 3.8) is 0 Å². The summed E-state index contributed by atoms with van der Waals surface area (Å²) in [7, 11) is 0. The van der Waals surface area contributed by atoms with Crippen LogP contribution in [0.3, 0.4) is 0 Å². The molecule has 1 N–H and O–H groups in total. The van der Waals surface area contributed by atoms with Crippen molar-refractivity contribution in [1.29, 1.82) is 0 Å².